The molecule has 2 aromatic carbocycles. The van der Waals surface area contributed by atoms with Crippen molar-refractivity contribution in [3.05, 3.63) is 51.1 Å². The van der Waals surface area contributed by atoms with E-state index in [9.17, 15) is 9.90 Å². The van der Waals surface area contributed by atoms with Crippen LogP contribution in [0.25, 0.3) is 21.9 Å². The lowest BCUT2D eigenvalue weighted by Gasteiger charge is -2.02. The molecule has 84 valence electrons. The maximum atomic E-state index is 12.2. The molecule has 0 bridgehead atoms. The SMILES string of the molecule is O=c1c2ccc(Br)cc2oc2ccc(O)cc12. The molecule has 0 aliphatic carbocycles. The van der Waals surface area contributed by atoms with E-state index in [1.807, 2.05) is 0 Å². The van der Waals surface area contributed by atoms with E-state index in [0.29, 0.717) is 21.9 Å². The number of phenolic OH excluding ortho intramolecular Hbond substituents is 1. The van der Waals surface area contributed by atoms with Crippen LogP contribution < -0.4 is 5.43 Å². The zero-order valence-corrected chi connectivity index (χ0v) is 10.2. The minimum atomic E-state index is -0.135. The molecule has 0 saturated carbocycles. The van der Waals surface area contributed by atoms with Gasteiger partial charge >= 0.3 is 0 Å². The quantitative estimate of drug-likeness (QED) is 0.646. The molecule has 0 saturated heterocycles. The molecule has 0 radical (unpaired) electrons. The van der Waals surface area contributed by atoms with Gasteiger partial charge in [0.05, 0.1) is 10.8 Å². The molecular weight excluding hydrogens is 284 g/mol. The van der Waals surface area contributed by atoms with Gasteiger partial charge in [0, 0.05) is 4.47 Å². The second-order valence-corrected chi connectivity index (χ2v) is 4.67. The Bertz CT molecular complexity index is 790. The lowest BCUT2D eigenvalue weighted by atomic mass is 10.1. The number of benzene rings is 2. The lowest BCUT2D eigenvalue weighted by molar-refractivity contribution is 0.475. The minimum Gasteiger partial charge on any atom is -0.508 e. The van der Waals surface area contributed by atoms with Crippen molar-refractivity contribution in [2.45, 2.75) is 0 Å². The first kappa shape index (κ1) is 10.4. The number of aromatic hydroxyl groups is 1. The number of rotatable bonds is 0. The summed E-state index contributed by atoms with van der Waals surface area (Å²) in [5.74, 6) is 0.0567. The molecule has 0 fully saturated rings. The Hall–Kier alpha value is -1.81. The molecule has 3 aromatic rings. The molecule has 3 nitrogen and oxygen atoms in total. The van der Waals surface area contributed by atoms with Crippen LogP contribution in [0, 0.1) is 0 Å². The van der Waals surface area contributed by atoms with Crippen molar-refractivity contribution in [3.63, 3.8) is 0 Å². The zero-order chi connectivity index (χ0) is 12.0. The van der Waals surface area contributed by atoms with Crippen LogP contribution in [-0.2, 0) is 0 Å². The topological polar surface area (TPSA) is 50.4 Å². The van der Waals surface area contributed by atoms with Crippen LogP contribution in [0.2, 0.25) is 0 Å². The first-order chi connectivity index (χ1) is 8.15. The number of hydrogen-bond acceptors (Lipinski definition) is 3. The van der Waals surface area contributed by atoms with E-state index in [1.54, 1.807) is 24.3 Å². The largest absolute Gasteiger partial charge is 0.508 e. The van der Waals surface area contributed by atoms with Gasteiger partial charge in [0.1, 0.15) is 16.9 Å². The Morgan fingerprint density at radius 3 is 2.65 bits per heavy atom. The molecule has 17 heavy (non-hydrogen) atoms. The Kier molecular flexibility index (Phi) is 2.19. The van der Waals surface area contributed by atoms with E-state index in [0.717, 1.165) is 4.47 Å². The van der Waals surface area contributed by atoms with Crippen molar-refractivity contribution in [3.8, 4) is 5.75 Å². The highest BCUT2D eigenvalue weighted by molar-refractivity contribution is 9.10. The molecule has 4 heteroatoms. The fraction of sp³-hybridized carbons (Fsp3) is 0. The molecule has 0 amide bonds. The molecule has 1 heterocycles. The fourth-order valence-electron chi connectivity index (χ4n) is 1.82. The number of hydrogen-bond donors (Lipinski definition) is 1. The summed E-state index contributed by atoms with van der Waals surface area (Å²) in [5, 5.41) is 10.3. The molecule has 0 unspecified atom stereocenters. The third kappa shape index (κ3) is 1.61. The van der Waals surface area contributed by atoms with Crippen LogP contribution in [-0.4, -0.2) is 5.11 Å². The van der Waals surface area contributed by atoms with Gasteiger partial charge in [-0.2, -0.15) is 0 Å². The Morgan fingerprint density at radius 1 is 1.00 bits per heavy atom. The Labute approximate surface area is 104 Å². The second-order valence-electron chi connectivity index (χ2n) is 3.75. The first-order valence-electron chi connectivity index (χ1n) is 5.00. The number of halogens is 1. The van der Waals surface area contributed by atoms with E-state index in [1.165, 1.54) is 12.1 Å². The summed E-state index contributed by atoms with van der Waals surface area (Å²) in [6.07, 6.45) is 0. The molecular formula is C13H7BrO3. The van der Waals surface area contributed by atoms with Gasteiger partial charge in [-0.3, -0.25) is 4.79 Å². The van der Waals surface area contributed by atoms with Crippen LogP contribution in [0.15, 0.2) is 50.1 Å². The normalized spacial score (nSPS) is 11.1. The van der Waals surface area contributed by atoms with Crippen LogP contribution in [0.1, 0.15) is 0 Å². The van der Waals surface area contributed by atoms with Crippen LogP contribution in [0.4, 0.5) is 0 Å². The third-order valence-corrected chi connectivity index (χ3v) is 3.11. The van der Waals surface area contributed by atoms with E-state index in [4.69, 9.17) is 4.42 Å². The standard InChI is InChI=1S/C13H7BrO3/c14-7-1-3-9-12(5-7)17-11-4-2-8(15)6-10(11)13(9)16/h1-6,15H. The van der Waals surface area contributed by atoms with Gasteiger partial charge in [0.25, 0.3) is 0 Å². The summed E-state index contributed by atoms with van der Waals surface area (Å²) < 4.78 is 6.47. The van der Waals surface area contributed by atoms with Gasteiger partial charge in [-0.1, -0.05) is 15.9 Å². The van der Waals surface area contributed by atoms with Crippen molar-refractivity contribution in [1.29, 1.82) is 0 Å². The Balaban J connectivity index is 2.57. The van der Waals surface area contributed by atoms with Crippen LogP contribution >= 0.6 is 15.9 Å². The summed E-state index contributed by atoms with van der Waals surface area (Å²) in [5.41, 5.74) is 0.866. The Morgan fingerprint density at radius 2 is 1.82 bits per heavy atom. The summed E-state index contributed by atoms with van der Waals surface area (Å²) in [6, 6.07) is 9.75. The fourth-order valence-corrected chi connectivity index (χ4v) is 2.16. The molecule has 0 aliphatic heterocycles. The van der Waals surface area contributed by atoms with Crippen LogP contribution in [0.5, 0.6) is 5.75 Å². The zero-order valence-electron chi connectivity index (χ0n) is 8.61. The van der Waals surface area contributed by atoms with Crippen molar-refractivity contribution in [1.82, 2.24) is 0 Å². The van der Waals surface area contributed by atoms with Gasteiger partial charge in [0.15, 0.2) is 0 Å². The second kappa shape index (κ2) is 3.60. The van der Waals surface area contributed by atoms with Crippen molar-refractivity contribution >= 4 is 37.9 Å². The lowest BCUT2D eigenvalue weighted by Crippen LogP contribution is -2.01. The average molecular weight is 291 g/mol. The molecule has 0 aliphatic rings. The molecule has 0 spiro atoms. The van der Waals surface area contributed by atoms with Gasteiger partial charge in [-0.15, -0.1) is 0 Å². The van der Waals surface area contributed by atoms with E-state index in [2.05, 4.69) is 15.9 Å². The maximum absolute atomic E-state index is 12.2. The van der Waals surface area contributed by atoms with Gasteiger partial charge in [0.2, 0.25) is 5.43 Å². The highest BCUT2D eigenvalue weighted by Crippen LogP contribution is 2.23. The van der Waals surface area contributed by atoms with Crippen molar-refractivity contribution in [2.75, 3.05) is 0 Å². The monoisotopic (exact) mass is 290 g/mol. The van der Waals surface area contributed by atoms with Gasteiger partial charge in [-0.05, 0) is 36.4 Å². The smallest absolute Gasteiger partial charge is 0.200 e. The van der Waals surface area contributed by atoms with E-state index < -0.39 is 0 Å². The van der Waals surface area contributed by atoms with Crippen molar-refractivity contribution in [2.24, 2.45) is 0 Å². The predicted molar refractivity (Wildman–Crippen MR) is 69.4 cm³/mol. The highest BCUT2D eigenvalue weighted by Gasteiger charge is 2.08. The van der Waals surface area contributed by atoms with Gasteiger partial charge in [-0.25, -0.2) is 0 Å². The molecule has 1 N–H and O–H groups in total. The summed E-state index contributed by atoms with van der Waals surface area (Å²) >= 11 is 3.33. The highest BCUT2D eigenvalue weighted by atomic mass is 79.9. The summed E-state index contributed by atoms with van der Waals surface area (Å²) in [6.45, 7) is 0. The molecule has 0 atom stereocenters. The first-order valence-corrected chi connectivity index (χ1v) is 5.79. The third-order valence-electron chi connectivity index (χ3n) is 2.62. The molecule has 1 aromatic heterocycles. The number of fused-ring (bicyclic) bond motifs is 2. The average Bonchev–Trinajstić information content (AvgIpc) is 2.30. The van der Waals surface area contributed by atoms with Gasteiger partial charge < -0.3 is 9.52 Å². The predicted octanol–water partition coefficient (Wildman–Crippen LogP) is 3.41. The van der Waals surface area contributed by atoms with Crippen LogP contribution in [0.3, 0.4) is 0 Å². The summed E-state index contributed by atoms with van der Waals surface area (Å²) in [4.78, 5) is 12.2. The maximum Gasteiger partial charge on any atom is 0.200 e. The number of phenols is 1. The van der Waals surface area contributed by atoms with E-state index >= 15 is 0 Å². The molecule has 3 rings (SSSR count). The van der Waals surface area contributed by atoms with Crippen molar-refractivity contribution < 1.29 is 9.52 Å². The minimum absolute atomic E-state index is 0.0567. The summed E-state index contributed by atoms with van der Waals surface area (Å²) in [7, 11) is 0. The van der Waals surface area contributed by atoms with E-state index in [-0.39, 0.29) is 11.2 Å².